The molecule has 0 spiro atoms. The van der Waals surface area contributed by atoms with Crippen molar-refractivity contribution >= 4 is 24.2 Å². The van der Waals surface area contributed by atoms with E-state index in [1.54, 1.807) is 31.2 Å². The van der Waals surface area contributed by atoms with Crippen LogP contribution in [0.25, 0.3) is 11.3 Å². The van der Waals surface area contributed by atoms with Gasteiger partial charge in [0.15, 0.2) is 5.76 Å². The van der Waals surface area contributed by atoms with Crippen LogP contribution in [-0.2, 0) is 19.1 Å². The van der Waals surface area contributed by atoms with E-state index in [9.17, 15) is 24.4 Å². The summed E-state index contributed by atoms with van der Waals surface area (Å²) in [6, 6.07) is 10.4. The molecule has 10 heteroatoms. The van der Waals surface area contributed by atoms with Gasteiger partial charge in [0.25, 0.3) is 5.91 Å². The number of furan rings is 1. The van der Waals surface area contributed by atoms with Crippen LogP contribution in [0.15, 0.2) is 40.8 Å². The van der Waals surface area contributed by atoms with Gasteiger partial charge in [-0.25, -0.2) is 5.06 Å². The first-order valence-electron chi connectivity index (χ1n) is 11.5. The molecule has 3 amide bonds. The number of hydrogen-bond acceptors (Lipinski definition) is 7. The van der Waals surface area contributed by atoms with Crippen molar-refractivity contribution in [2.45, 2.75) is 45.4 Å². The summed E-state index contributed by atoms with van der Waals surface area (Å²) in [6.07, 6.45) is 3.44. The first-order valence-corrected chi connectivity index (χ1v) is 11.5. The summed E-state index contributed by atoms with van der Waals surface area (Å²) >= 11 is 0. The number of nitrogens with zero attached hydrogens (tertiary/aromatic N) is 1. The summed E-state index contributed by atoms with van der Waals surface area (Å²) in [5, 5.41) is 15.1. The Hall–Kier alpha value is -3.66. The molecule has 0 aliphatic carbocycles. The number of unbranched alkanes of at least 4 members (excludes halogenated alkanes) is 2. The second-order valence-corrected chi connectivity index (χ2v) is 8.18. The number of hydrogen-bond donors (Lipinski definition) is 3. The SMILES string of the molecule is CCCCCC(CN(O)C=O)C(=O)NCNC(=O)c1ccc(-c2cccc(C(C)C(=O)OC)c2)o1. The van der Waals surface area contributed by atoms with Gasteiger partial charge < -0.3 is 19.8 Å². The normalized spacial score (nSPS) is 12.3. The largest absolute Gasteiger partial charge is 0.469 e. The molecular weight excluding hydrogens is 454 g/mol. The maximum Gasteiger partial charge on any atom is 0.312 e. The van der Waals surface area contributed by atoms with E-state index in [0.717, 1.165) is 24.8 Å². The molecule has 35 heavy (non-hydrogen) atoms. The number of nitrogens with one attached hydrogen (secondary N) is 2. The Labute approximate surface area is 204 Å². The summed E-state index contributed by atoms with van der Waals surface area (Å²) in [6.45, 7) is 3.51. The van der Waals surface area contributed by atoms with Crippen LogP contribution in [0.3, 0.4) is 0 Å². The number of hydroxylamine groups is 2. The molecule has 3 N–H and O–H groups in total. The first kappa shape index (κ1) is 27.6. The van der Waals surface area contributed by atoms with Gasteiger partial charge in [0, 0.05) is 5.56 Å². The maximum atomic E-state index is 12.5. The van der Waals surface area contributed by atoms with Gasteiger partial charge in [0.1, 0.15) is 5.76 Å². The average molecular weight is 488 g/mol. The molecule has 0 aliphatic rings. The van der Waals surface area contributed by atoms with Crippen molar-refractivity contribution in [3.05, 3.63) is 47.7 Å². The molecule has 2 atom stereocenters. The number of carbonyl (C=O) groups is 4. The zero-order valence-corrected chi connectivity index (χ0v) is 20.3. The quantitative estimate of drug-likeness (QED) is 0.0929. The third kappa shape index (κ3) is 8.25. The van der Waals surface area contributed by atoms with E-state index in [0.29, 0.717) is 22.8 Å². The fraction of sp³-hybridized carbons (Fsp3) is 0.440. The second-order valence-electron chi connectivity index (χ2n) is 8.18. The molecule has 1 heterocycles. The summed E-state index contributed by atoms with van der Waals surface area (Å²) in [5.74, 6) is -1.78. The molecule has 2 aromatic rings. The predicted octanol–water partition coefficient (Wildman–Crippen LogP) is 3.07. The van der Waals surface area contributed by atoms with Crippen molar-refractivity contribution in [1.82, 2.24) is 15.7 Å². The van der Waals surface area contributed by atoms with Gasteiger partial charge in [-0.3, -0.25) is 24.4 Å². The molecule has 0 saturated carbocycles. The van der Waals surface area contributed by atoms with E-state index in [1.807, 2.05) is 13.0 Å². The Morgan fingerprint density at radius 3 is 2.63 bits per heavy atom. The van der Waals surface area contributed by atoms with E-state index in [4.69, 9.17) is 9.15 Å². The number of rotatable bonds is 14. The van der Waals surface area contributed by atoms with Crippen LogP contribution in [0.5, 0.6) is 0 Å². The van der Waals surface area contributed by atoms with Gasteiger partial charge in [0.05, 0.1) is 32.2 Å². The third-order valence-electron chi connectivity index (χ3n) is 5.62. The van der Waals surface area contributed by atoms with E-state index < -0.39 is 17.7 Å². The maximum absolute atomic E-state index is 12.5. The molecule has 0 fully saturated rings. The lowest BCUT2D eigenvalue weighted by atomic mass is 9.98. The fourth-order valence-corrected chi connectivity index (χ4v) is 3.55. The van der Waals surface area contributed by atoms with Crippen molar-refractivity contribution < 1.29 is 33.5 Å². The summed E-state index contributed by atoms with van der Waals surface area (Å²) in [7, 11) is 1.33. The third-order valence-corrected chi connectivity index (χ3v) is 5.62. The Bertz CT molecular complexity index is 1000. The molecule has 190 valence electrons. The Morgan fingerprint density at radius 2 is 1.94 bits per heavy atom. The molecule has 0 radical (unpaired) electrons. The van der Waals surface area contributed by atoms with Crippen LogP contribution in [0, 0.1) is 5.92 Å². The number of ether oxygens (including phenoxy) is 1. The van der Waals surface area contributed by atoms with Gasteiger partial charge in [-0.15, -0.1) is 0 Å². The standard InChI is InChI=1S/C25H33N3O7/c1-4-5-6-8-20(14-28(33)16-29)23(30)26-15-27-24(31)22-12-11-21(35-22)19-10-7-9-18(13-19)17(2)25(32)34-3/h7,9-13,16-17,20,33H,4-6,8,14-15H2,1-3H3,(H,26,30)(H,27,31). The van der Waals surface area contributed by atoms with Crippen molar-refractivity contribution in [2.24, 2.45) is 5.92 Å². The van der Waals surface area contributed by atoms with Crippen molar-refractivity contribution in [2.75, 3.05) is 20.3 Å². The molecule has 0 saturated heterocycles. The molecule has 10 nitrogen and oxygen atoms in total. The number of carbonyl (C=O) groups excluding carboxylic acids is 4. The zero-order chi connectivity index (χ0) is 25.8. The highest BCUT2D eigenvalue weighted by Crippen LogP contribution is 2.26. The van der Waals surface area contributed by atoms with Crippen LogP contribution in [0.4, 0.5) is 0 Å². The van der Waals surface area contributed by atoms with Crippen LogP contribution >= 0.6 is 0 Å². The predicted molar refractivity (Wildman–Crippen MR) is 127 cm³/mol. The summed E-state index contributed by atoms with van der Waals surface area (Å²) in [4.78, 5) is 47.5. The van der Waals surface area contributed by atoms with Crippen LogP contribution in [-0.4, -0.2) is 54.8 Å². The number of methoxy groups -OCH3 is 1. The monoisotopic (exact) mass is 487 g/mol. The molecule has 2 rings (SSSR count). The van der Waals surface area contributed by atoms with Gasteiger partial charge in [-0.05, 0) is 37.1 Å². The first-order chi connectivity index (χ1) is 16.8. The molecule has 1 aromatic carbocycles. The second kappa shape index (κ2) is 13.9. The summed E-state index contributed by atoms with van der Waals surface area (Å²) < 4.78 is 10.5. The van der Waals surface area contributed by atoms with Gasteiger partial charge in [-0.2, -0.15) is 0 Å². The van der Waals surface area contributed by atoms with Crippen LogP contribution < -0.4 is 10.6 Å². The minimum absolute atomic E-state index is 0.0580. The van der Waals surface area contributed by atoms with Gasteiger partial charge in [0.2, 0.25) is 12.3 Å². The highest BCUT2D eigenvalue weighted by molar-refractivity contribution is 5.92. The lowest BCUT2D eigenvalue weighted by Gasteiger charge is -2.19. The van der Waals surface area contributed by atoms with Crippen molar-refractivity contribution in [1.29, 1.82) is 0 Å². The average Bonchev–Trinajstić information content (AvgIpc) is 3.37. The van der Waals surface area contributed by atoms with Crippen LogP contribution in [0.2, 0.25) is 0 Å². The van der Waals surface area contributed by atoms with E-state index in [-0.39, 0.29) is 37.3 Å². The van der Waals surface area contributed by atoms with Crippen LogP contribution in [0.1, 0.15) is 61.6 Å². The van der Waals surface area contributed by atoms with Gasteiger partial charge >= 0.3 is 5.97 Å². The van der Waals surface area contributed by atoms with E-state index in [2.05, 4.69) is 10.6 Å². The number of benzene rings is 1. The minimum Gasteiger partial charge on any atom is -0.469 e. The molecule has 1 aromatic heterocycles. The van der Waals surface area contributed by atoms with Gasteiger partial charge in [-0.1, -0.05) is 44.4 Å². The number of amides is 3. The highest BCUT2D eigenvalue weighted by atomic mass is 16.5. The van der Waals surface area contributed by atoms with Crippen molar-refractivity contribution in [3.63, 3.8) is 0 Å². The molecule has 0 bridgehead atoms. The van der Waals surface area contributed by atoms with E-state index >= 15 is 0 Å². The summed E-state index contributed by atoms with van der Waals surface area (Å²) in [5.41, 5.74) is 1.45. The molecule has 0 aliphatic heterocycles. The number of esters is 1. The minimum atomic E-state index is -0.594. The smallest absolute Gasteiger partial charge is 0.312 e. The lowest BCUT2D eigenvalue weighted by Crippen LogP contribution is -2.42. The lowest BCUT2D eigenvalue weighted by molar-refractivity contribution is -0.154. The Kier molecular flexibility index (Phi) is 11.0. The Morgan fingerprint density at radius 1 is 1.17 bits per heavy atom. The topological polar surface area (TPSA) is 138 Å². The molecular formula is C25H33N3O7. The fourth-order valence-electron chi connectivity index (χ4n) is 3.55. The Balaban J connectivity index is 1.95. The van der Waals surface area contributed by atoms with E-state index in [1.165, 1.54) is 13.2 Å². The highest BCUT2D eigenvalue weighted by Gasteiger charge is 2.21. The zero-order valence-electron chi connectivity index (χ0n) is 20.3. The van der Waals surface area contributed by atoms with Crippen molar-refractivity contribution in [3.8, 4) is 11.3 Å². The molecule has 2 unspecified atom stereocenters.